The van der Waals surface area contributed by atoms with Crippen LogP contribution in [0.5, 0.6) is 5.75 Å². The third kappa shape index (κ3) is 8.64. The molecule has 0 aliphatic carbocycles. The van der Waals surface area contributed by atoms with Crippen LogP contribution in [0.4, 0.5) is 0 Å². The first-order valence-corrected chi connectivity index (χ1v) is 12.2. The van der Waals surface area contributed by atoms with E-state index in [4.69, 9.17) is 0 Å². The van der Waals surface area contributed by atoms with E-state index in [0.717, 1.165) is 29.5 Å². The van der Waals surface area contributed by atoms with Crippen molar-refractivity contribution in [2.75, 3.05) is 0 Å². The van der Waals surface area contributed by atoms with Crippen molar-refractivity contribution in [1.82, 2.24) is 0 Å². The standard InChI is InChI=1S/C28H42O/c1-3-5-7-9-11-13-17-24-18-15-21-26(23-24)27-22-16-20-25(28(27)29)19-14-12-10-8-6-4-2/h15-16,18,20-23,29H,3-14,17,19H2,1-2H3. The molecule has 2 aromatic carbocycles. The maximum absolute atomic E-state index is 10.9. The number of rotatable bonds is 15. The lowest BCUT2D eigenvalue weighted by Gasteiger charge is -2.11. The van der Waals surface area contributed by atoms with Gasteiger partial charge in [-0.3, -0.25) is 0 Å². The third-order valence-corrected chi connectivity index (χ3v) is 5.98. The number of aryl methyl sites for hydroxylation is 2. The number of hydrogen-bond donors (Lipinski definition) is 1. The van der Waals surface area contributed by atoms with E-state index < -0.39 is 0 Å². The van der Waals surface area contributed by atoms with Gasteiger partial charge in [-0.2, -0.15) is 0 Å². The first-order chi connectivity index (χ1) is 14.3. The lowest BCUT2D eigenvalue weighted by Crippen LogP contribution is -1.91. The summed E-state index contributed by atoms with van der Waals surface area (Å²) in [5, 5.41) is 10.9. The van der Waals surface area contributed by atoms with Gasteiger partial charge >= 0.3 is 0 Å². The van der Waals surface area contributed by atoms with Crippen LogP contribution in [-0.2, 0) is 12.8 Å². The van der Waals surface area contributed by atoms with Gasteiger partial charge in [-0.15, -0.1) is 0 Å². The number of para-hydroxylation sites is 1. The summed E-state index contributed by atoms with van der Waals surface area (Å²) in [6.07, 6.45) is 17.8. The smallest absolute Gasteiger partial charge is 0.126 e. The Kier molecular flexibility index (Phi) is 11.6. The summed E-state index contributed by atoms with van der Waals surface area (Å²) < 4.78 is 0. The summed E-state index contributed by atoms with van der Waals surface area (Å²) in [4.78, 5) is 0. The molecule has 2 rings (SSSR count). The van der Waals surface area contributed by atoms with Gasteiger partial charge in [0.05, 0.1) is 0 Å². The van der Waals surface area contributed by atoms with Gasteiger partial charge in [-0.1, -0.05) is 121 Å². The van der Waals surface area contributed by atoms with Crippen LogP contribution in [0.2, 0.25) is 0 Å². The Bertz CT molecular complexity index is 688. The van der Waals surface area contributed by atoms with E-state index in [9.17, 15) is 5.11 Å². The van der Waals surface area contributed by atoms with Crippen molar-refractivity contribution in [3.63, 3.8) is 0 Å². The molecule has 0 saturated heterocycles. The molecule has 0 bridgehead atoms. The number of phenols is 1. The van der Waals surface area contributed by atoms with Crippen molar-refractivity contribution in [3.05, 3.63) is 53.6 Å². The largest absolute Gasteiger partial charge is 0.507 e. The second-order valence-corrected chi connectivity index (χ2v) is 8.55. The second-order valence-electron chi connectivity index (χ2n) is 8.55. The first-order valence-electron chi connectivity index (χ1n) is 12.2. The molecule has 0 atom stereocenters. The first kappa shape index (κ1) is 23.5. The van der Waals surface area contributed by atoms with Crippen molar-refractivity contribution < 1.29 is 5.11 Å². The minimum absolute atomic E-state index is 0.484. The van der Waals surface area contributed by atoms with Gasteiger partial charge in [0.25, 0.3) is 0 Å². The Balaban J connectivity index is 1.90. The highest BCUT2D eigenvalue weighted by Crippen LogP contribution is 2.33. The third-order valence-electron chi connectivity index (χ3n) is 5.98. The van der Waals surface area contributed by atoms with Crippen LogP contribution >= 0.6 is 0 Å². The monoisotopic (exact) mass is 394 g/mol. The second kappa shape index (κ2) is 14.3. The molecule has 0 unspecified atom stereocenters. The van der Waals surface area contributed by atoms with E-state index in [1.807, 2.05) is 0 Å². The lowest BCUT2D eigenvalue weighted by molar-refractivity contribution is 0.468. The number of phenolic OH excluding ortho intramolecular Hbond substituents is 1. The number of unbranched alkanes of at least 4 members (excludes halogenated alkanes) is 10. The van der Waals surface area contributed by atoms with Crippen LogP contribution < -0.4 is 0 Å². The predicted octanol–water partition coefficient (Wildman–Crippen LogP) is 8.87. The van der Waals surface area contributed by atoms with Gasteiger partial charge in [0.2, 0.25) is 0 Å². The highest BCUT2D eigenvalue weighted by Gasteiger charge is 2.09. The molecule has 0 amide bonds. The fourth-order valence-electron chi connectivity index (χ4n) is 4.13. The van der Waals surface area contributed by atoms with Crippen LogP contribution in [0.3, 0.4) is 0 Å². The van der Waals surface area contributed by atoms with Gasteiger partial charge in [-0.05, 0) is 42.4 Å². The molecule has 1 heteroatoms. The minimum Gasteiger partial charge on any atom is -0.507 e. The highest BCUT2D eigenvalue weighted by molar-refractivity contribution is 5.72. The summed E-state index contributed by atoms with van der Waals surface area (Å²) in [6, 6.07) is 15.0. The van der Waals surface area contributed by atoms with Crippen LogP contribution in [0.25, 0.3) is 11.1 Å². The van der Waals surface area contributed by atoms with Crippen LogP contribution in [0, 0.1) is 0 Å². The maximum Gasteiger partial charge on any atom is 0.126 e. The molecule has 29 heavy (non-hydrogen) atoms. The molecule has 160 valence electrons. The predicted molar refractivity (Wildman–Crippen MR) is 128 cm³/mol. The van der Waals surface area contributed by atoms with E-state index in [2.05, 4.69) is 56.3 Å². The Labute approximate surface area is 179 Å². The van der Waals surface area contributed by atoms with E-state index in [1.54, 1.807) is 0 Å². The van der Waals surface area contributed by atoms with E-state index >= 15 is 0 Å². The van der Waals surface area contributed by atoms with E-state index in [0.29, 0.717) is 5.75 Å². The van der Waals surface area contributed by atoms with Crippen LogP contribution in [-0.4, -0.2) is 5.11 Å². The average molecular weight is 395 g/mol. The van der Waals surface area contributed by atoms with Gasteiger partial charge in [0.1, 0.15) is 5.75 Å². The molecule has 0 aromatic heterocycles. The summed E-state index contributed by atoms with van der Waals surface area (Å²) in [6.45, 7) is 4.52. The lowest BCUT2D eigenvalue weighted by atomic mass is 9.96. The summed E-state index contributed by atoms with van der Waals surface area (Å²) in [7, 11) is 0. The number of aromatic hydroxyl groups is 1. The highest BCUT2D eigenvalue weighted by atomic mass is 16.3. The quantitative estimate of drug-likeness (QED) is 0.299. The van der Waals surface area contributed by atoms with Crippen LogP contribution in [0.1, 0.15) is 102 Å². The topological polar surface area (TPSA) is 20.2 Å². The molecule has 1 N–H and O–H groups in total. The SMILES string of the molecule is CCCCCCCCc1cccc(-c2cccc(CCCCCCCC)c2O)c1. The van der Waals surface area contributed by atoms with Crippen molar-refractivity contribution >= 4 is 0 Å². The molecule has 2 aromatic rings. The molecule has 0 saturated carbocycles. The van der Waals surface area contributed by atoms with Crippen molar-refractivity contribution in [2.24, 2.45) is 0 Å². The average Bonchev–Trinajstić information content (AvgIpc) is 2.74. The Hall–Kier alpha value is -1.76. The Morgan fingerprint density at radius 1 is 0.621 bits per heavy atom. The summed E-state index contributed by atoms with van der Waals surface area (Å²) in [5.74, 6) is 0.484. The Morgan fingerprint density at radius 3 is 1.90 bits per heavy atom. The van der Waals surface area contributed by atoms with Gasteiger partial charge in [0, 0.05) is 5.56 Å². The van der Waals surface area contributed by atoms with E-state index in [-0.39, 0.29) is 0 Å². The molecule has 0 heterocycles. The molecular formula is C28H42O. The maximum atomic E-state index is 10.9. The van der Waals surface area contributed by atoms with Crippen LogP contribution in [0.15, 0.2) is 42.5 Å². The molecule has 0 fully saturated rings. The Morgan fingerprint density at radius 2 is 1.21 bits per heavy atom. The molecule has 0 aliphatic heterocycles. The fourth-order valence-corrected chi connectivity index (χ4v) is 4.13. The number of benzene rings is 2. The van der Waals surface area contributed by atoms with Crippen molar-refractivity contribution in [1.29, 1.82) is 0 Å². The molecule has 0 aliphatic rings. The molecular weight excluding hydrogens is 352 g/mol. The molecule has 0 spiro atoms. The summed E-state index contributed by atoms with van der Waals surface area (Å²) >= 11 is 0. The van der Waals surface area contributed by atoms with E-state index in [1.165, 1.54) is 82.6 Å². The van der Waals surface area contributed by atoms with Gasteiger partial charge < -0.3 is 5.11 Å². The van der Waals surface area contributed by atoms with Crippen molar-refractivity contribution in [2.45, 2.75) is 104 Å². The fraction of sp³-hybridized carbons (Fsp3) is 0.571. The summed E-state index contributed by atoms with van der Waals surface area (Å²) in [5.41, 5.74) is 4.62. The van der Waals surface area contributed by atoms with Gasteiger partial charge in [0.15, 0.2) is 0 Å². The molecule has 1 nitrogen and oxygen atoms in total. The number of hydrogen-bond acceptors (Lipinski definition) is 1. The zero-order chi connectivity index (χ0) is 20.7. The minimum atomic E-state index is 0.484. The zero-order valence-corrected chi connectivity index (χ0v) is 18.9. The zero-order valence-electron chi connectivity index (χ0n) is 18.9. The van der Waals surface area contributed by atoms with Crippen molar-refractivity contribution in [3.8, 4) is 16.9 Å². The van der Waals surface area contributed by atoms with Gasteiger partial charge in [-0.25, -0.2) is 0 Å². The normalized spacial score (nSPS) is 11.1. The molecule has 0 radical (unpaired) electrons.